The van der Waals surface area contributed by atoms with Crippen LogP contribution in [-0.2, 0) is 9.84 Å². The van der Waals surface area contributed by atoms with E-state index in [1.54, 1.807) is 6.07 Å². The molecule has 1 saturated heterocycles. The number of nitrogens with zero attached hydrogens (tertiary/aromatic N) is 1. The molecule has 0 amide bonds. The second-order valence-corrected chi connectivity index (χ2v) is 7.03. The summed E-state index contributed by atoms with van der Waals surface area (Å²) in [5, 5.41) is 12.3. The zero-order chi connectivity index (χ0) is 13.2. The molecule has 1 fully saturated rings. The molecule has 4 nitrogen and oxygen atoms in total. The van der Waals surface area contributed by atoms with E-state index in [1.807, 2.05) is 19.1 Å². The van der Waals surface area contributed by atoms with Gasteiger partial charge in [-0.15, -0.1) is 0 Å². The molecule has 1 aromatic carbocycles. The van der Waals surface area contributed by atoms with Crippen molar-refractivity contribution in [1.82, 2.24) is 0 Å². The van der Waals surface area contributed by atoms with Crippen molar-refractivity contribution in [2.24, 2.45) is 0 Å². The van der Waals surface area contributed by atoms with Crippen LogP contribution in [0.15, 0.2) is 18.2 Å². The molecule has 1 aromatic rings. The fraction of sp³-hybridized carbons (Fsp3) is 0.462. The van der Waals surface area contributed by atoms with E-state index in [0.717, 1.165) is 11.3 Å². The lowest BCUT2D eigenvalue weighted by atomic mass is 10.1. The predicted molar refractivity (Wildman–Crippen MR) is 71.2 cm³/mol. The van der Waals surface area contributed by atoms with Crippen molar-refractivity contribution in [2.45, 2.75) is 25.8 Å². The lowest BCUT2D eigenvalue weighted by molar-refractivity contribution is 0.559. The Morgan fingerprint density at radius 2 is 2.00 bits per heavy atom. The van der Waals surface area contributed by atoms with Crippen molar-refractivity contribution in [3.8, 4) is 6.07 Å². The van der Waals surface area contributed by atoms with E-state index in [9.17, 15) is 8.42 Å². The van der Waals surface area contributed by atoms with Crippen molar-refractivity contribution >= 4 is 15.5 Å². The standard InChI is InChI=1S/C13H16N2O2S/c1-10-2-3-11(9-14)13(8-10)15-12-4-6-18(16,17)7-5-12/h2-3,8,12,15H,4-7H2,1H3. The third-order valence-corrected chi connectivity index (χ3v) is 4.93. The molecule has 0 unspecified atom stereocenters. The Bertz CT molecular complexity index is 573. The highest BCUT2D eigenvalue weighted by Gasteiger charge is 2.23. The highest BCUT2D eigenvalue weighted by Crippen LogP contribution is 2.22. The van der Waals surface area contributed by atoms with E-state index in [2.05, 4.69) is 11.4 Å². The summed E-state index contributed by atoms with van der Waals surface area (Å²) in [5.74, 6) is 0.469. The minimum absolute atomic E-state index is 0.141. The molecular formula is C13H16N2O2S. The van der Waals surface area contributed by atoms with Crippen LogP contribution in [0.2, 0.25) is 0 Å². The average molecular weight is 264 g/mol. The number of sulfone groups is 1. The molecule has 2 rings (SSSR count). The first-order valence-corrected chi connectivity index (χ1v) is 7.80. The molecule has 0 spiro atoms. The Labute approximate surface area is 108 Å². The Balaban J connectivity index is 2.11. The van der Waals surface area contributed by atoms with Gasteiger partial charge in [-0.05, 0) is 37.5 Å². The Morgan fingerprint density at radius 1 is 1.33 bits per heavy atom. The molecule has 18 heavy (non-hydrogen) atoms. The quantitative estimate of drug-likeness (QED) is 0.885. The summed E-state index contributed by atoms with van der Waals surface area (Å²) in [4.78, 5) is 0. The Kier molecular flexibility index (Phi) is 3.58. The largest absolute Gasteiger partial charge is 0.381 e. The van der Waals surface area contributed by atoms with E-state index in [4.69, 9.17) is 5.26 Å². The first-order valence-electron chi connectivity index (χ1n) is 5.98. The highest BCUT2D eigenvalue weighted by molar-refractivity contribution is 7.91. The highest BCUT2D eigenvalue weighted by atomic mass is 32.2. The summed E-state index contributed by atoms with van der Waals surface area (Å²) in [7, 11) is -2.84. The summed E-state index contributed by atoms with van der Waals surface area (Å²) in [5.41, 5.74) is 2.50. The minimum atomic E-state index is -2.84. The average Bonchev–Trinajstić information content (AvgIpc) is 2.32. The van der Waals surface area contributed by atoms with Crippen LogP contribution in [0, 0.1) is 18.3 Å². The number of benzene rings is 1. The van der Waals surface area contributed by atoms with Crippen LogP contribution in [0.25, 0.3) is 0 Å². The fourth-order valence-corrected chi connectivity index (χ4v) is 3.62. The number of rotatable bonds is 2. The third-order valence-electron chi connectivity index (χ3n) is 3.21. The molecule has 1 heterocycles. The minimum Gasteiger partial charge on any atom is -0.381 e. The van der Waals surface area contributed by atoms with Gasteiger partial charge in [-0.1, -0.05) is 6.07 Å². The second kappa shape index (κ2) is 4.99. The maximum absolute atomic E-state index is 11.3. The maximum Gasteiger partial charge on any atom is 0.150 e. The van der Waals surface area contributed by atoms with Crippen molar-refractivity contribution in [3.63, 3.8) is 0 Å². The molecule has 1 aliphatic heterocycles. The molecule has 0 saturated carbocycles. The summed E-state index contributed by atoms with van der Waals surface area (Å²) >= 11 is 0. The Morgan fingerprint density at radius 3 is 2.61 bits per heavy atom. The molecule has 96 valence electrons. The van der Waals surface area contributed by atoms with E-state index in [-0.39, 0.29) is 17.5 Å². The number of hydrogen-bond donors (Lipinski definition) is 1. The van der Waals surface area contributed by atoms with Gasteiger partial charge >= 0.3 is 0 Å². The summed E-state index contributed by atoms with van der Waals surface area (Å²) in [6.45, 7) is 1.97. The maximum atomic E-state index is 11.3. The number of anilines is 1. The van der Waals surface area contributed by atoms with Gasteiger partial charge in [-0.2, -0.15) is 5.26 Å². The van der Waals surface area contributed by atoms with E-state index >= 15 is 0 Å². The van der Waals surface area contributed by atoms with E-state index in [0.29, 0.717) is 18.4 Å². The lowest BCUT2D eigenvalue weighted by Gasteiger charge is -2.24. The first kappa shape index (κ1) is 12.9. The molecule has 5 heteroatoms. The van der Waals surface area contributed by atoms with Crippen LogP contribution >= 0.6 is 0 Å². The normalized spacial score (nSPS) is 19.1. The zero-order valence-corrected chi connectivity index (χ0v) is 11.1. The molecule has 0 atom stereocenters. The van der Waals surface area contributed by atoms with Crippen molar-refractivity contribution in [3.05, 3.63) is 29.3 Å². The van der Waals surface area contributed by atoms with Gasteiger partial charge in [0.15, 0.2) is 0 Å². The summed E-state index contributed by atoms with van der Waals surface area (Å²) in [6.07, 6.45) is 1.22. The molecule has 0 radical (unpaired) electrons. The lowest BCUT2D eigenvalue weighted by Crippen LogP contribution is -2.32. The van der Waals surface area contributed by atoms with Crippen molar-refractivity contribution < 1.29 is 8.42 Å². The van der Waals surface area contributed by atoms with Gasteiger partial charge in [0, 0.05) is 6.04 Å². The molecule has 0 bridgehead atoms. The molecule has 1 aliphatic rings. The number of nitriles is 1. The summed E-state index contributed by atoms with van der Waals surface area (Å²) in [6, 6.07) is 7.91. The van der Waals surface area contributed by atoms with Crippen LogP contribution in [0.1, 0.15) is 24.0 Å². The Hall–Kier alpha value is -1.54. The monoisotopic (exact) mass is 264 g/mol. The van der Waals surface area contributed by atoms with Gasteiger partial charge in [0.2, 0.25) is 0 Å². The zero-order valence-electron chi connectivity index (χ0n) is 10.3. The van der Waals surface area contributed by atoms with Crippen LogP contribution in [0.4, 0.5) is 5.69 Å². The fourth-order valence-electron chi connectivity index (χ4n) is 2.13. The molecular weight excluding hydrogens is 248 g/mol. The number of aryl methyl sites for hydroxylation is 1. The second-order valence-electron chi connectivity index (χ2n) is 4.73. The number of hydrogen-bond acceptors (Lipinski definition) is 4. The van der Waals surface area contributed by atoms with Gasteiger partial charge in [0.25, 0.3) is 0 Å². The van der Waals surface area contributed by atoms with Crippen molar-refractivity contribution in [1.29, 1.82) is 5.26 Å². The van der Waals surface area contributed by atoms with Gasteiger partial charge in [0.1, 0.15) is 15.9 Å². The molecule has 0 aromatic heterocycles. The molecule has 0 aliphatic carbocycles. The first-order chi connectivity index (χ1) is 8.50. The molecule has 1 N–H and O–H groups in total. The summed E-state index contributed by atoms with van der Waals surface area (Å²) < 4.78 is 22.7. The topological polar surface area (TPSA) is 70.0 Å². The van der Waals surface area contributed by atoms with Gasteiger partial charge < -0.3 is 5.32 Å². The van der Waals surface area contributed by atoms with Crippen molar-refractivity contribution in [2.75, 3.05) is 16.8 Å². The van der Waals surface area contributed by atoms with E-state index < -0.39 is 9.84 Å². The SMILES string of the molecule is Cc1ccc(C#N)c(NC2CCS(=O)(=O)CC2)c1. The smallest absolute Gasteiger partial charge is 0.150 e. The van der Waals surface area contributed by atoms with Gasteiger partial charge in [-0.3, -0.25) is 0 Å². The van der Waals surface area contributed by atoms with Gasteiger partial charge in [0.05, 0.1) is 22.8 Å². The van der Waals surface area contributed by atoms with Crippen LogP contribution in [-0.4, -0.2) is 26.0 Å². The van der Waals surface area contributed by atoms with E-state index in [1.165, 1.54) is 0 Å². The van der Waals surface area contributed by atoms with Gasteiger partial charge in [-0.25, -0.2) is 8.42 Å². The van der Waals surface area contributed by atoms with Crippen LogP contribution in [0.5, 0.6) is 0 Å². The number of nitrogens with one attached hydrogen (secondary N) is 1. The third kappa shape index (κ3) is 3.02. The van der Waals surface area contributed by atoms with Crippen LogP contribution in [0.3, 0.4) is 0 Å². The predicted octanol–water partition coefficient (Wildman–Crippen LogP) is 1.86. The van der Waals surface area contributed by atoms with Crippen LogP contribution < -0.4 is 5.32 Å².